The van der Waals surface area contributed by atoms with Crippen LogP contribution in [0.1, 0.15) is 23.7 Å². The van der Waals surface area contributed by atoms with Crippen LogP contribution in [0.25, 0.3) is 0 Å². The van der Waals surface area contributed by atoms with Crippen LogP contribution < -0.4 is 5.32 Å². The third-order valence-electron chi connectivity index (χ3n) is 2.21. The summed E-state index contributed by atoms with van der Waals surface area (Å²) in [6, 6.07) is 4.15. The molecule has 2 aromatic heterocycles. The van der Waals surface area contributed by atoms with E-state index in [4.69, 9.17) is 0 Å². The lowest BCUT2D eigenvalue weighted by molar-refractivity contribution is 0.858. The Balaban J connectivity index is 2.12. The molecule has 1 atom stereocenters. The zero-order valence-electron chi connectivity index (χ0n) is 9.07. The van der Waals surface area contributed by atoms with Crippen molar-refractivity contribution in [1.29, 1.82) is 0 Å². The minimum atomic E-state index is 0.188. The summed E-state index contributed by atoms with van der Waals surface area (Å²) in [5, 5.41) is 6.38. The van der Waals surface area contributed by atoms with E-state index in [-0.39, 0.29) is 6.04 Å². The fraction of sp³-hybridized carbons (Fsp3) is 0.273. The number of thiazole rings is 1. The molecular weight excluding hydrogens is 286 g/mol. The Labute approximate surface area is 107 Å². The Morgan fingerprint density at radius 2 is 2.25 bits per heavy atom. The summed E-state index contributed by atoms with van der Waals surface area (Å²) in [5.41, 5.74) is 0.983. The van der Waals surface area contributed by atoms with Crippen LogP contribution in [0.15, 0.2) is 28.2 Å². The molecule has 0 saturated carbocycles. The van der Waals surface area contributed by atoms with Gasteiger partial charge in [-0.2, -0.15) is 0 Å². The van der Waals surface area contributed by atoms with Crippen molar-refractivity contribution >= 4 is 33.1 Å². The van der Waals surface area contributed by atoms with Gasteiger partial charge in [0.05, 0.1) is 11.7 Å². The summed E-state index contributed by atoms with van der Waals surface area (Å²) in [7, 11) is 0. The molecule has 3 nitrogen and oxygen atoms in total. The molecule has 0 radical (unpaired) electrons. The molecule has 1 N–H and O–H groups in total. The molecule has 0 aliphatic heterocycles. The summed E-state index contributed by atoms with van der Waals surface area (Å²) < 4.78 is 1.03. The van der Waals surface area contributed by atoms with Crippen LogP contribution >= 0.6 is 27.3 Å². The second-order valence-electron chi connectivity index (χ2n) is 3.50. The first-order valence-corrected chi connectivity index (χ1v) is 6.63. The minimum absolute atomic E-state index is 0.188. The Bertz CT molecular complexity index is 470. The average Bonchev–Trinajstić information content (AvgIpc) is 2.77. The van der Waals surface area contributed by atoms with Crippen LogP contribution in [0.4, 0.5) is 5.82 Å². The summed E-state index contributed by atoms with van der Waals surface area (Å²) in [6.45, 7) is 4.06. The minimum Gasteiger partial charge on any atom is -0.361 e. The van der Waals surface area contributed by atoms with Crippen molar-refractivity contribution in [2.45, 2.75) is 19.9 Å². The largest absolute Gasteiger partial charge is 0.361 e. The number of aryl methyl sites for hydroxylation is 1. The molecule has 0 saturated heterocycles. The number of halogens is 1. The van der Waals surface area contributed by atoms with E-state index in [0.717, 1.165) is 21.0 Å². The van der Waals surface area contributed by atoms with Crippen molar-refractivity contribution in [2.24, 2.45) is 0 Å². The van der Waals surface area contributed by atoms with E-state index in [2.05, 4.69) is 38.1 Å². The number of hydrogen-bond donors (Lipinski definition) is 1. The Kier molecular flexibility index (Phi) is 3.56. The summed E-state index contributed by atoms with van der Waals surface area (Å²) in [4.78, 5) is 8.71. The highest BCUT2D eigenvalue weighted by atomic mass is 79.9. The smallest absolute Gasteiger partial charge is 0.126 e. The van der Waals surface area contributed by atoms with E-state index >= 15 is 0 Å². The van der Waals surface area contributed by atoms with Gasteiger partial charge in [-0.05, 0) is 41.9 Å². The fourth-order valence-corrected chi connectivity index (χ4v) is 2.22. The first kappa shape index (κ1) is 11.5. The van der Waals surface area contributed by atoms with Crippen molar-refractivity contribution in [2.75, 3.05) is 5.32 Å². The highest BCUT2D eigenvalue weighted by molar-refractivity contribution is 9.10. The van der Waals surface area contributed by atoms with E-state index in [0.29, 0.717) is 0 Å². The Hall–Kier alpha value is -0.940. The van der Waals surface area contributed by atoms with Crippen molar-refractivity contribution in [3.8, 4) is 0 Å². The number of hydrogen-bond acceptors (Lipinski definition) is 4. The zero-order valence-corrected chi connectivity index (χ0v) is 11.5. The summed E-state index contributed by atoms with van der Waals surface area (Å²) in [5.74, 6) is 0.878. The van der Waals surface area contributed by atoms with Gasteiger partial charge in [0.15, 0.2) is 0 Å². The number of aromatic nitrogens is 2. The lowest BCUT2D eigenvalue weighted by atomic mass is 10.3. The second-order valence-corrected chi connectivity index (χ2v) is 5.28. The molecule has 0 fully saturated rings. The van der Waals surface area contributed by atoms with E-state index < -0.39 is 0 Å². The van der Waals surface area contributed by atoms with Gasteiger partial charge >= 0.3 is 0 Å². The third kappa shape index (κ3) is 2.59. The maximum absolute atomic E-state index is 4.44. The van der Waals surface area contributed by atoms with Gasteiger partial charge in [0.25, 0.3) is 0 Å². The van der Waals surface area contributed by atoms with E-state index in [1.807, 2.05) is 30.6 Å². The molecule has 2 rings (SSSR count). The van der Waals surface area contributed by atoms with E-state index in [1.165, 1.54) is 0 Å². The molecule has 0 aromatic carbocycles. The molecule has 0 aliphatic carbocycles. The first-order valence-electron chi connectivity index (χ1n) is 4.96. The fourth-order valence-electron chi connectivity index (χ4n) is 1.36. The van der Waals surface area contributed by atoms with Crippen LogP contribution in [0.5, 0.6) is 0 Å². The maximum Gasteiger partial charge on any atom is 0.126 e. The number of anilines is 1. The van der Waals surface area contributed by atoms with Crippen LogP contribution in [-0.2, 0) is 0 Å². The molecule has 1 unspecified atom stereocenters. The lowest BCUT2D eigenvalue weighted by Gasteiger charge is -2.12. The predicted molar refractivity (Wildman–Crippen MR) is 70.8 cm³/mol. The molecule has 5 heteroatoms. The van der Waals surface area contributed by atoms with Gasteiger partial charge in [-0.3, -0.25) is 0 Å². The van der Waals surface area contributed by atoms with E-state index in [1.54, 1.807) is 11.3 Å². The van der Waals surface area contributed by atoms with Gasteiger partial charge in [0, 0.05) is 16.0 Å². The molecule has 0 bridgehead atoms. The summed E-state index contributed by atoms with van der Waals surface area (Å²) >= 11 is 5.08. The van der Waals surface area contributed by atoms with Crippen LogP contribution in [0, 0.1) is 6.92 Å². The predicted octanol–water partition coefficient (Wildman–Crippen LogP) is 3.78. The highest BCUT2D eigenvalue weighted by Gasteiger charge is 2.08. The number of pyridine rings is 1. The van der Waals surface area contributed by atoms with Gasteiger partial charge in [0.1, 0.15) is 10.8 Å². The quantitative estimate of drug-likeness (QED) is 0.937. The zero-order chi connectivity index (χ0) is 11.5. The van der Waals surface area contributed by atoms with Crippen molar-refractivity contribution in [3.63, 3.8) is 0 Å². The van der Waals surface area contributed by atoms with Crippen molar-refractivity contribution in [3.05, 3.63) is 38.9 Å². The standard InChI is InChI=1S/C11H12BrN3S/c1-7-9(12)3-4-10(14-7)15-8(2)11-13-5-6-16-11/h3-6,8H,1-2H3,(H,14,15). The van der Waals surface area contributed by atoms with Gasteiger partial charge in [-0.25, -0.2) is 9.97 Å². The highest BCUT2D eigenvalue weighted by Crippen LogP contribution is 2.22. The number of nitrogens with zero attached hydrogens (tertiary/aromatic N) is 2. The first-order chi connectivity index (χ1) is 7.66. The molecule has 0 amide bonds. The molecular formula is C11H12BrN3S. The second kappa shape index (κ2) is 4.93. The molecule has 0 spiro atoms. The molecule has 2 aromatic rings. The monoisotopic (exact) mass is 297 g/mol. The van der Waals surface area contributed by atoms with Gasteiger partial charge < -0.3 is 5.32 Å². The molecule has 16 heavy (non-hydrogen) atoms. The third-order valence-corrected chi connectivity index (χ3v) is 4.00. The average molecular weight is 298 g/mol. The van der Waals surface area contributed by atoms with Gasteiger partial charge in [-0.1, -0.05) is 0 Å². The van der Waals surface area contributed by atoms with Crippen LogP contribution in [-0.4, -0.2) is 9.97 Å². The molecule has 84 valence electrons. The maximum atomic E-state index is 4.44. The molecule has 2 heterocycles. The van der Waals surface area contributed by atoms with Crippen LogP contribution in [0.2, 0.25) is 0 Å². The van der Waals surface area contributed by atoms with Crippen molar-refractivity contribution < 1.29 is 0 Å². The van der Waals surface area contributed by atoms with Gasteiger partial charge in [-0.15, -0.1) is 11.3 Å². The molecule has 0 aliphatic rings. The van der Waals surface area contributed by atoms with Crippen LogP contribution in [0.3, 0.4) is 0 Å². The SMILES string of the molecule is Cc1nc(NC(C)c2nccs2)ccc1Br. The number of rotatable bonds is 3. The Morgan fingerprint density at radius 1 is 1.44 bits per heavy atom. The topological polar surface area (TPSA) is 37.8 Å². The van der Waals surface area contributed by atoms with Gasteiger partial charge in [0.2, 0.25) is 0 Å². The number of nitrogens with one attached hydrogen (secondary N) is 1. The summed E-state index contributed by atoms with van der Waals surface area (Å²) in [6.07, 6.45) is 1.82. The van der Waals surface area contributed by atoms with Crippen molar-refractivity contribution in [1.82, 2.24) is 9.97 Å². The Morgan fingerprint density at radius 3 is 2.88 bits per heavy atom. The normalized spacial score (nSPS) is 12.4. The lowest BCUT2D eigenvalue weighted by Crippen LogP contribution is -2.07. The van der Waals surface area contributed by atoms with E-state index in [9.17, 15) is 0 Å².